The second-order valence-corrected chi connectivity index (χ2v) is 6.77. The van der Waals surface area contributed by atoms with Crippen molar-refractivity contribution in [1.29, 1.82) is 0 Å². The Morgan fingerprint density at radius 3 is 3.00 bits per heavy atom. The van der Waals surface area contributed by atoms with Crippen LogP contribution >= 0.6 is 11.6 Å². The fourth-order valence-corrected chi connectivity index (χ4v) is 3.47. The van der Waals surface area contributed by atoms with E-state index >= 15 is 0 Å². The Labute approximate surface area is 156 Å². The molecule has 1 aliphatic heterocycles. The number of nitrogens with zero attached hydrogens (tertiary/aromatic N) is 1. The molecule has 0 spiro atoms. The van der Waals surface area contributed by atoms with E-state index < -0.39 is 0 Å². The topological polar surface area (TPSA) is 69.7 Å². The van der Waals surface area contributed by atoms with E-state index in [1.807, 2.05) is 12.1 Å². The molecule has 1 fully saturated rings. The lowest BCUT2D eigenvalue weighted by molar-refractivity contribution is 0.0949. The molecule has 0 bridgehead atoms. The van der Waals surface area contributed by atoms with Crippen LogP contribution in [0.25, 0.3) is 0 Å². The van der Waals surface area contributed by atoms with Crippen molar-refractivity contribution in [2.75, 3.05) is 6.79 Å². The summed E-state index contributed by atoms with van der Waals surface area (Å²) in [5.41, 5.74) is 1.26. The molecule has 0 unspecified atom stereocenters. The molecule has 0 radical (unpaired) electrons. The first-order valence-electron chi connectivity index (χ1n) is 8.68. The molecule has 2 heterocycles. The van der Waals surface area contributed by atoms with Crippen LogP contribution in [-0.2, 0) is 6.54 Å². The zero-order valence-electron chi connectivity index (χ0n) is 14.2. The fraction of sp³-hybridized carbons (Fsp3) is 0.368. The van der Waals surface area contributed by atoms with Gasteiger partial charge in [-0.3, -0.25) is 4.79 Å². The molecule has 7 heteroatoms. The zero-order chi connectivity index (χ0) is 17.9. The maximum absolute atomic E-state index is 12.5. The predicted octanol–water partition coefficient (Wildman–Crippen LogP) is 3.72. The van der Waals surface area contributed by atoms with Crippen molar-refractivity contribution in [3.8, 4) is 17.4 Å². The predicted molar refractivity (Wildman–Crippen MR) is 95.9 cm³/mol. The van der Waals surface area contributed by atoms with Crippen LogP contribution in [0.15, 0.2) is 30.5 Å². The van der Waals surface area contributed by atoms with Gasteiger partial charge in [0.05, 0.1) is 5.02 Å². The smallest absolute Gasteiger partial charge is 0.251 e. The van der Waals surface area contributed by atoms with E-state index in [1.165, 1.54) is 12.8 Å². The van der Waals surface area contributed by atoms with E-state index in [0.29, 0.717) is 34.5 Å². The van der Waals surface area contributed by atoms with E-state index in [0.717, 1.165) is 18.4 Å². The average molecular weight is 375 g/mol. The number of aromatic nitrogens is 1. The highest BCUT2D eigenvalue weighted by Gasteiger charge is 2.21. The van der Waals surface area contributed by atoms with Gasteiger partial charge in [0.1, 0.15) is 6.10 Å². The number of halogens is 1. The number of fused-ring (bicyclic) bond motifs is 1. The minimum absolute atomic E-state index is 0.109. The first-order valence-corrected chi connectivity index (χ1v) is 9.06. The van der Waals surface area contributed by atoms with Gasteiger partial charge in [0.15, 0.2) is 11.5 Å². The number of nitrogens with one attached hydrogen (secondary N) is 1. The minimum atomic E-state index is -0.249. The highest BCUT2D eigenvalue weighted by Crippen LogP contribution is 2.39. The average Bonchev–Trinajstić information content (AvgIpc) is 3.32. The van der Waals surface area contributed by atoms with E-state index in [9.17, 15) is 4.79 Å². The SMILES string of the molecule is O=C(NCc1cccnc1OC1CCCC1)c1cc(Cl)c2c(c1)OCO2. The third kappa shape index (κ3) is 3.55. The number of carbonyl (C=O) groups excluding carboxylic acids is 1. The monoisotopic (exact) mass is 374 g/mol. The second kappa shape index (κ2) is 7.41. The summed E-state index contributed by atoms with van der Waals surface area (Å²) in [6, 6.07) is 6.94. The number of amides is 1. The molecule has 1 aromatic heterocycles. The maximum Gasteiger partial charge on any atom is 0.251 e. The molecular weight excluding hydrogens is 356 g/mol. The zero-order valence-corrected chi connectivity index (χ0v) is 14.9. The van der Waals surface area contributed by atoms with Crippen molar-refractivity contribution in [2.24, 2.45) is 0 Å². The van der Waals surface area contributed by atoms with Gasteiger partial charge in [-0.05, 0) is 43.9 Å². The Hall–Kier alpha value is -2.47. The summed E-state index contributed by atoms with van der Waals surface area (Å²) in [4.78, 5) is 16.8. The lowest BCUT2D eigenvalue weighted by atomic mass is 10.1. The maximum atomic E-state index is 12.5. The lowest BCUT2D eigenvalue weighted by Crippen LogP contribution is -2.24. The van der Waals surface area contributed by atoms with Crippen LogP contribution in [-0.4, -0.2) is 23.8 Å². The number of pyridine rings is 1. The van der Waals surface area contributed by atoms with Gasteiger partial charge in [0.2, 0.25) is 12.7 Å². The normalized spacial score (nSPS) is 15.9. The van der Waals surface area contributed by atoms with Crippen molar-refractivity contribution in [1.82, 2.24) is 10.3 Å². The molecular formula is C19H19ClN2O4. The number of benzene rings is 1. The number of hydrogen-bond acceptors (Lipinski definition) is 5. The van der Waals surface area contributed by atoms with E-state index in [1.54, 1.807) is 18.3 Å². The Kier molecular flexibility index (Phi) is 4.84. The van der Waals surface area contributed by atoms with Crippen LogP contribution < -0.4 is 19.5 Å². The second-order valence-electron chi connectivity index (χ2n) is 6.37. The van der Waals surface area contributed by atoms with Crippen LogP contribution in [0.2, 0.25) is 5.02 Å². The Morgan fingerprint density at radius 2 is 2.15 bits per heavy atom. The lowest BCUT2D eigenvalue weighted by Gasteiger charge is -2.15. The van der Waals surface area contributed by atoms with Crippen molar-refractivity contribution >= 4 is 17.5 Å². The van der Waals surface area contributed by atoms with Gasteiger partial charge in [0, 0.05) is 23.9 Å². The van der Waals surface area contributed by atoms with Crippen LogP contribution in [0.4, 0.5) is 0 Å². The molecule has 1 amide bonds. The summed E-state index contributed by atoms with van der Waals surface area (Å²) in [6.45, 7) is 0.429. The molecule has 136 valence electrons. The highest BCUT2D eigenvalue weighted by molar-refractivity contribution is 6.32. The molecule has 4 rings (SSSR count). The minimum Gasteiger partial charge on any atom is -0.474 e. The molecule has 2 aromatic rings. The largest absolute Gasteiger partial charge is 0.474 e. The van der Waals surface area contributed by atoms with E-state index in [4.69, 9.17) is 25.8 Å². The standard InChI is InChI=1S/C19H19ClN2O4/c20-15-8-13(9-16-17(15)25-11-24-16)18(23)22-10-12-4-3-7-21-19(12)26-14-5-1-2-6-14/h3-4,7-9,14H,1-2,5-6,10-11H2,(H,22,23). The van der Waals surface area contributed by atoms with Crippen LogP contribution in [0.5, 0.6) is 17.4 Å². The summed E-state index contributed by atoms with van der Waals surface area (Å²) >= 11 is 6.14. The third-order valence-corrected chi connectivity index (χ3v) is 4.84. The summed E-state index contributed by atoms with van der Waals surface area (Å²) in [5, 5.41) is 3.24. The number of rotatable bonds is 5. The van der Waals surface area contributed by atoms with Crippen LogP contribution in [0.3, 0.4) is 0 Å². The van der Waals surface area contributed by atoms with E-state index in [2.05, 4.69) is 10.3 Å². The Balaban J connectivity index is 1.44. The van der Waals surface area contributed by atoms with E-state index in [-0.39, 0.29) is 18.8 Å². The van der Waals surface area contributed by atoms with Crippen molar-refractivity contribution in [3.63, 3.8) is 0 Å². The van der Waals surface area contributed by atoms with Gasteiger partial charge in [-0.2, -0.15) is 0 Å². The fourth-order valence-electron chi connectivity index (χ4n) is 3.20. The Bertz CT molecular complexity index is 821. The van der Waals surface area contributed by atoms with Crippen molar-refractivity contribution in [2.45, 2.75) is 38.3 Å². The number of hydrogen-bond donors (Lipinski definition) is 1. The van der Waals surface area contributed by atoms with Gasteiger partial charge in [-0.1, -0.05) is 17.7 Å². The van der Waals surface area contributed by atoms with Crippen molar-refractivity contribution < 1.29 is 19.0 Å². The summed E-state index contributed by atoms with van der Waals surface area (Å²) in [7, 11) is 0. The molecule has 0 saturated heterocycles. The van der Waals surface area contributed by atoms with Crippen LogP contribution in [0, 0.1) is 0 Å². The molecule has 1 aliphatic carbocycles. The molecule has 1 N–H and O–H groups in total. The van der Waals surface area contributed by atoms with Gasteiger partial charge < -0.3 is 19.5 Å². The van der Waals surface area contributed by atoms with Gasteiger partial charge in [-0.25, -0.2) is 4.98 Å². The third-order valence-electron chi connectivity index (χ3n) is 4.56. The Morgan fingerprint density at radius 1 is 1.31 bits per heavy atom. The van der Waals surface area contributed by atoms with Crippen molar-refractivity contribution in [3.05, 3.63) is 46.6 Å². The van der Waals surface area contributed by atoms with Crippen LogP contribution in [0.1, 0.15) is 41.6 Å². The summed E-state index contributed by atoms with van der Waals surface area (Å²) in [6.07, 6.45) is 6.40. The van der Waals surface area contributed by atoms with Gasteiger partial charge in [-0.15, -0.1) is 0 Å². The number of ether oxygens (including phenoxy) is 3. The molecule has 6 nitrogen and oxygen atoms in total. The summed E-state index contributed by atoms with van der Waals surface area (Å²) < 4.78 is 16.6. The summed E-state index contributed by atoms with van der Waals surface area (Å²) in [5.74, 6) is 1.29. The first kappa shape index (κ1) is 17.0. The molecule has 1 saturated carbocycles. The highest BCUT2D eigenvalue weighted by atomic mass is 35.5. The van der Waals surface area contributed by atoms with Gasteiger partial charge >= 0.3 is 0 Å². The molecule has 2 aliphatic rings. The quantitative estimate of drug-likeness (QED) is 0.863. The molecule has 26 heavy (non-hydrogen) atoms. The first-order chi connectivity index (χ1) is 12.7. The molecule has 0 atom stereocenters. The number of carbonyl (C=O) groups is 1. The van der Waals surface area contributed by atoms with Gasteiger partial charge in [0.25, 0.3) is 5.91 Å². The molecule has 1 aromatic carbocycles.